The van der Waals surface area contributed by atoms with E-state index in [1.54, 1.807) is 0 Å². The van der Waals surface area contributed by atoms with Crippen molar-refractivity contribution in [3.8, 4) is 11.5 Å². The zero-order valence-corrected chi connectivity index (χ0v) is 19.1. The Morgan fingerprint density at radius 2 is 1.97 bits per heavy atom. The first-order valence-electron chi connectivity index (χ1n) is 10.3. The average Bonchev–Trinajstić information content (AvgIpc) is 3.24. The molecule has 1 amide bonds. The number of anilines is 1. The summed E-state index contributed by atoms with van der Waals surface area (Å²) in [6.07, 6.45) is 2.54. The summed E-state index contributed by atoms with van der Waals surface area (Å²) >= 11 is 3.61. The van der Waals surface area contributed by atoms with E-state index in [2.05, 4.69) is 26.6 Å². The van der Waals surface area contributed by atoms with Crippen molar-refractivity contribution in [2.24, 2.45) is 0 Å². The Morgan fingerprint density at radius 3 is 2.67 bits per heavy atom. The Hall–Kier alpha value is -2.09. The molecule has 0 aromatic heterocycles. The van der Waals surface area contributed by atoms with Crippen molar-refractivity contribution < 1.29 is 19.0 Å². The number of carbonyl (C=O) groups excluding carboxylic acids is 1. The van der Waals surface area contributed by atoms with Crippen LogP contribution in [0.2, 0.25) is 0 Å². The highest BCUT2D eigenvalue weighted by Crippen LogP contribution is 2.34. The molecule has 0 aliphatic carbocycles. The van der Waals surface area contributed by atoms with Crippen molar-refractivity contribution in [2.75, 3.05) is 31.7 Å². The van der Waals surface area contributed by atoms with Gasteiger partial charge in [0.25, 0.3) is 5.91 Å². The van der Waals surface area contributed by atoms with Crippen molar-refractivity contribution in [3.63, 3.8) is 0 Å². The number of halogens is 1. The monoisotopic (exact) mass is 476 g/mol. The highest BCUT2D eigenvalue weighted by Gasteiger charge is 2.16. The van der Waals surface area contributed by atoms with E-state index in [9.17, 15) is 4.79 Å². The number of nitrogens with one attached hydrogen (secondary N) is 2. The van der Waals surface area contributed by atoms with Gasteiger partial charge in [0.15, 0.2) is 18.1 Å². The van der Waals surface area contributed by atoms with Crippen LogP contribution in [0.1, 0.15) is 30.9 Å². The first-order chi connectivity index (χ1) is 14.5. The number of benzene rings is 2. The van der Waals surface area contributed by atoms with E-state index in [1.807, 2.05) is 50.2 Å². The van der Waals surface area contributed by atoms with Crippen molar-refractivity contribution in [1.29, 1.82) is 0 Å². The molecule has 2 aromatic carbocycles. The van der Waals surface area contributed by atoms with Crippen molar-refractivity contribution in [2.45, 2.75) is 39.3 Å². The SMILES string of the molecule is CCOc1cc(CNCC2CCCO2)c(Br)cc1OCC(=O)Nc1ccc(C)cc1. The zero-order valence-electron chi connectivity index (χ0n) is 17.5. The summed E-state index contributed by atoms with van der Waals surface area (Å²) in [5, 5.41) is 6.27. The predicted molar refractivity (Wildman–Crippen MR) is 121 cm³/mol. The number of hydrogen-bond acceptors (Lipinski definition) is 5. The van der Waals surface area contributed by atoms with Gasteiger partial charge in [0, 0.05) is 29.9 Å². The lowest BCUT2D eigenvalue weighted by atomic mass is 10.2. The van der Waals surface area contributed by atoms with Crippen molar-refractivity contribution in [1.82, 2.24) is 5.32 Å². The molecule has 1 atom stereocenters. The second kappa shape index (κ2) is 11.3. The lowest BCUT2D eigenvalue weighted by molar-refractivity contribution is -0.118. The summed E-state index contributed by atoms with van der Waals surface area (Å²) in [4.78, 5) is 12.2. The normalized spacial score (nSPS) is 15.8. The molecule has 1 aliphatic heterocycles. The van der Waals surface area contributed by atoms with Crippen LogP contribution >= 0.6 is 15.9 Å². The minimum absolute atomic E-state index is 0.100. The first kappa shape index (κ1) is 22.6. The topological polar surface area (TPSA) is 68.8 Å². The molecule has 1 heterocycles. The average molecular weight is 477 g/mol. The number of hydrogen-bond donors (Lipinski definition) is 2. The third-order valence-corrected chi connectivity index (χ3v) is 5.56. The van der Waals surface area contributed by atoms with Gasteiger partial charge >= 0.3 is 0 Å². The Balaban J connectivity index is 1.58. The molecule has 0 saturated carbocycles. The number of aryl methyl sites for hydroxylation is 1. The van der Waals surface area contributed by atoms with Gasteiger partial charge in [-0.2, -0.15) is 0 Å². The molecule has 2 aromatic rings. The second-order valence-corrected chi connectivity index (χ2v) is 8.15. The fourth-order valence-corrected chi connectivity index (χ4v) is 3.71. The predicted octanol–water partition coefficient (Wildman–Crippen LogP) is 4.44. The number of carbonyl (C=O) groups is 1. The maximum absolute atomic E-state index is 12.2. The van der Waals surface area contributed by atoms with E-state index in [-0.39, 0.29) is 12.5 Å². The molecule has 3 rings (SSSR count). The van der Waals surface area contributed by atoms with Gasteiger partial charge in [0.1, 0.15) is 0 Å². The summed E-state index contributed by atoms with van der Waals surface area (Å²) < 4.78 is 18.1. The van der Waals surface area contributed by atoms with Crippen molar-refractivity contribution in [3.05, 3.63) is 52.0 Å². The quantitative estimate of drug-likeness (QED) is 0.530. The molecule has 6 nitrogen and oxygen atoms in total. The Bertz CT molecular complexity index is 836. The van der Waals surface area contributed by atoms with Crippen LogP contribution in [0.15, 0.2) is 40.9 Å². The number of amides is 1. The van der Waals surface area contributed by atoms with E-state index in [1.165, 1.54) is 0 Å². The van der Waals surface area contributed by atoms with E-state index in [0.29, 0.717) is 30.8 Å². The van der Waals surface area contributed by atoms with Crippen LogP contribution < -0.4 is 20.1 Å². The zero-order chi connectivity index (χ0) is 21.3. The molecule has 162 valence electrons. The van der Waals surface area contributed by atoms with Crippen LogP contribution in [-0.2, 0) is 16.1 Å². The molecular formula is C23H29BrN2O4. The lowest BCUT2D eigenvalue weighted by Crippen LogP contribution is -2.26. The van der Waals surface area contributed by atoms with E-state index < -0.39 is 0 Å². The molecule has 1 fully saturated rings. The largest absolute Gasteiger partial charge is 0.490 e. The molecular weight excluding hydrogens is 448 g/mol. The molecule has 1 saturated heterocycles. The lowest BCUT2D eigenvalue weighted by Gasteiger charge is -2.16. The number of rotatable bonds is 10. The van der Waals surface area contributed by atoms with Crippen LogP contribution in [-0.4, -0.2) is 38.4 Å². The maximum Gasteiger partial charge on any atom is 0.262 e. The smallest absolute Gasteiger partial charge is 0.262 e. The molecule has 7 heteroatoms. The van der Waals surface area contributed by atoms with Gasteiger partial charge < -0.3 is 24.8 Å². The first-order valence-corrected chi connectivity index (χ1v) is 11.1. The van der Waals surface area contributed by atoms with Gasteiger partial charge in [-0.05, 0) is 56.5 Å². The highest BCUT2D eigenvalue weighted by atomic mass is 79.9. The Labute approximate surface area is 186 Å². The third kappa shape index (κ3) is 6.72. The van der Waals surface area contributed by atoms with Gasteiger partial charge in [-0.1, -0.05) is 33.6 Å². The van der Waals surface area contributed by atoms with Crippen LogP contribution in [0.3, 0.4) is 0 Å². The Kier molecular flexibility index (Phi) is 8.54. The fourth-order valence-electron chi connectivity index (χ4n) is 3.24. The summed E-state index contributed by atoms with van der Waals surface area (Å²) in [7, 11) is 0. The van der Waals surface area contributed by atoms with E-state index in [4.69, 9.17) is 14.2 Å². The minimum Gasteiger partial charge on any atom is -0.490 e. The van der Waals surface area contributed by atoms with E-state index >= 15 is 0 Å². The van der Waals surface area contributed by atoms with Gasteiger partial charge in [0.2, 0.25) is 0 Å². The number of ether oxygens (including phenoxy) is 3. The molecule has 0 spiro atoms. The van der Waals surface area contributed by atoms with Crippen molar-refractivity contribution >= 4 is 27.5 Å². The summed E-state index contributed by atoms with van der Waals surface area (Å²) in [6.45, 7) is 6.71. The molecule has 1 unspecified atom stereocenters. The van der Waals surface area contributed by atoms with Gasteiger partial charge in [-0.25, -0.2) is 0 Å². The minimum atomic E-state index is -0.222. The molecule has 1 aliphatic rings. The summed E-state index contributed by atoms with van der Waals surface area (Å²) in [5.74, 6) is 0.933. The molecule has 0 bridgehead atoms. The fraction of sp³-hybridized carbons (Fsp3) is 0.435. The summed E-state index contributed by atoms with van der Waals surface area (Å²) in [5.41, 5.74) is 2.95. The van der Waals surface area contributed by atoms with Gasteiger partial charge in [-0.15, -0.1) is 0 Å². The van der Waals surface area contributed by atoms with Crippen LogP contribution in [0.4, 0.5) is 5.69 Å². The Morgan fingerprint density at radius 1 is 1.20 bits per heavy atom. The summed E-state index contributed by atoms with van der Waals surface area (Å²) in [6, 6.07) is 11.4. The third-order valence-electron chi connectivity index (χ3n) is 4.82. The van der Waals surface area contributed by atoms with Gasteiger partial charge in [0.05, 0.1) is 12.7 Å². The highest BCUT2D eigenvalue weighted by molar-refractivity contribution is 9.10. The standard InChI is InChI=1S/C23H29BrN2O4/c1-3-28-21-11-17(13-25-14-19-5-4-10-29-19)20(24)12-22(21)30-15-23(27)26-18-8-6-16(2)7-9-18/h6-9,11-12,19,25H,3-5,10,13-15H2,1-2H3,(H,26,27). The van der Waals surface area contributed by atoms with Crippen LogP contribution in [0.25, 0.3) is 0 Å². The van der Waals surface area contributed by atoms with Crippen LogP contribution in [0.5, 0.6) is 11.5 Å². The molecule has 30 heavy (non-hydrogen) atoms. The van der Waals surface area contributed by atoms with Gasteiger partial charge in [-0.3, -0.25) is 4.79 Å². The molecule has 0 radical (unpaired) electrons. The maximum atomic E-state index is 12.2. The van der Waals surface area contributed by atoms with E-state index in [0.717, 1.165) is 47.3 Å². The van der Waals surface area contributed by atoms with Crippen LogP contribution in [0, 0.1) is 6.92 Å². The molecule has 2 N–H and O–H groups in total. The second-order valence-electron chi connectivity index (χ2n) is 7.29.